The van der Waals surface area contributed by atoms with Gasteiger partial charge in [-0.15, -0.1) is 0 Å². The van der Waals surface area contributed by atoms with Crippen molar-refractivity contribution in [3.05, 3.63) is 95.4 Å². The lowest BCUT2D eigenvalue weighted by molar-refractivity contribution is 0.0950. The molecule has 7 heteroatoms. The topological polar surface area (TPSA) is 72.4 Å². The molecule has 31 heavy (non-hydrogen) atoms. The highest BCUT2D eigenvalue weighted by Crippen LogP contribution is 2.27. The SMILES string of the molecule is Cc1cccn2cc(CNC(=O)c3ccccc3CSc3nc4ccccc4o3)nc12. The molecule has 0 spiro atoms. The Hall–Kier alpha value is -3.58. The summed E-state index contributed by atoms with van der Waals surface area (Å²) in [5, 5.41) is 3.59. The summed E-state index contributed by atoms with van der Waals surface area (Å²) in [6, 6.07) is 19.3. The molecule has 6 nitrogen and oxygen atoms in total. The van der Waals surface area contributed by atoms with E-state index in [2.05, 4.69) is 15.3 Å². The van der Waals surface area contributed by atoms with Gasteiger partial charge in [0.25, 0.3) is 11.1 Å². The number of aryl methyl sites for hydroxylation is 1. The number of para-hydroxylation sites is 2. The van der Waals surface area contributed by atoms with Gasteiger partial charge in [-0.2, -0.15) is 0 Å². The summed E-state index contributed by atoms with van der Waals surface area (Å²) in [7, 11) is 0. The molecule has 0 bridgehead atoms. The van der Waals surface area contributed by atoms with Crippen LogP contribution in [0.15, 0.2) is 82.7 Å². The second-order valence-corrected chi connectivity index (χ2v) is 8.16. The number of imidazole rings is 1. The number of amides is 1. The Labute approximate surface area is 183 Å². The van der Waals surface area contributed by atoms with Gasteiger partial charge >= 0.3 is 0 Å². The van der Waals surface area contributed by atoms with Crippen LogP contribution < -0.4 is 5.32 Å². The van der Waals surface area contributed by atoms with Crippen molar-refractivity contribution in [1.82, 2.24) is 19.7 Å². The van der Waals surface area contributed by atoms with Gasteiger partial charge in [-0.05, 0) is 42.3 Å². The van der Waals surface area contributed by atoms with E-state index in [0.717, 1.165) is 33.6 Å². The Kier molecular flexibility index (Phi) is 5.18. The number of carbonyl (C=O) groups is 1. The van der Waals surface area contributed by atoms with Crippen molar-refractivity contribution in [2.75, 3.05) is 0 Å². The largest absolute Gasteiger partial charge is 0.431 e. The minimum atomic E-state index is -0.123. The number of oxazole rings is 1. The summed E-state index contributed by atoms with van der Waals surface area (Å²) in [5.41, 5.74) is 5.99. The average Bonchev–Trinajstić information content (AvgIpc) is 3.40. The number of aromatic nitrogens is 3. The molecular weight excluding hydrogens is 408 g/mol. The van der Waals surface area contributed by atoms with Crippen LogP contribution in [0.3, 0.4) is 0 Å². The van der Waals surface area contributed by atoms with Crippen LogP contribution in [-0.4, -0.2) is 20.3 Å². The third-order valence-corrected chi connectivity index (χ3v) is 5.92. The first-order valence-corrected chi connectivity index (χ1v) is 10.9. The van der Waals surface area contributed by atoms with Gasteiger partial charge in [-0.1, -0.05) is 48.2 Å². The summed E-state index contributed by atoms with van der Waals surface area (Å²) in [6.07, 6.45) is 3.90. The Morgan fingerprint density at radius 3 is 2.77 bits per heavy atom. The van der Waals surface area contributed by atoms with Crippen molar-refractivity contribution in [2.45, 2.75) is 24.4 Å². The van der Waals surface area contributed by atoms with Crippen LogP contribution in [0.1, 0.15) is 27.2 Å². The quantitative estimate of drug-likeness (QED) is 0.385. The van der Waals surface area contributed by atoms with Crippen molar-refractivity contribution >= 4 is 34.4 Å². The molecule has 5 aromatic rings. The Bertz CT molecular complexity index is 1360. The maximum absolute atomic E-state index is 12.9. The highest BCUT2D eigenvalue weighted by Gasteiger charge is 2.14. The minimum Gasteiger partial charge on any atom is -0.431 e. The maximum Gasteiger partial charge on any atom is 0.257 e. The van der Waals surface area contributed by atoms with Gasteiger partial charge in [0.15, 0.2) is 5.58 Å². The zero-order chi connectivity index (χ0) is 21.2. The van der Waals surface area contributed by atoms with Crippen molar-refractivity contribution in [2.24, 2.45) is 0 Å². The van der Waals surface area contributed by atoms with Gasteiger partial charge in [0.05, 0.1) is 12.2 Å². The predicted octanol–water partition coefficient (Wildman–Crippen LogP) is 5.01. The van der Waals surface area contributed by atoms with E-state index >= 15 is 0 Å². The second-order valence-electron chi connectivity index (χ2n) is 7.23. The molecule has 3 aromatic heterocycles. The van der Waals surface area contributed by atoms with Gasteiger partial charge in [0.1, 0.15) is 11.2 Å². The molecule has 0 unspecified atom stereocenters. The Balaban J connectivity index is 1.28. The van der Waals surface area contributed by atoms with Crippen LogP contribution in [0.25, 0.3) is 16.7 Å². The van der Waals surface area contributed by atoms with E-state index in [1.165, 1.54) is 11.8 Å². The van der Waals surface area contributed by atoms with E-state index in [1.54, 1.807) is 0 Å². The van der Waals surface area contributed by atoms with E-state index in [-0.39, 0.29) is 5.91 Å². The van der Waals surface area contributed by atoms with Crippen LogP contribution in [0.4, 0.5) is 0 Å². The van der Waals surface area contributed by atoms with Gasteiger partial charge < -0.3 is 14.1 Å². The van der Waals surface area contributed by atoms with Crippen LogP contribution in [0, 0.1) is 6.92 Å². The van der Waals surface area contributed by atoms with Gasteiger partial charge in [-0.3, -0.25) is 4.79 Å². The summed E-state index contributed by atoms with van der Waals surface area (Å²) in [5.74, 6) is 0.465. The summed E-state index contributed by atoms with van der Waals surface area (Å²) in [6.45, 7) is 2.39. The van der Waals surface area contributed by atoms with Gasteiger partial charge in [-0.25, -0.2) is 9.97 Å². The Morgan fingerprint density at radius 2 is 1.90 bits per heavy atom. The maximum atomic E-state index is 12.9. The van der Waals surface area contributed by atoms with E-state index < -0.39 is 0 Å². The van der Waals surface area contributed by atoms with Crippen LogP contribution in [-0.2, 0) is 12.3 Å². The monoisotopic (exact) mass is 428 g/mol. The fourth-order valence-electron chi connectivity index (χ4n) is 3.48. The zero-order valence-corrected chi connectivity index (χ0v) is 17.7. The van der Waals surface area contributed by atoms with Crippen LogP contribution in [0.2, 0.25) is 0 Å². The summed E-state index contributed by atoms with van der Waals surface area (Å²) >= 11 is 1.48. The van der Waals surface area contributed by atoms with Crippen LogP contribution >= 0.6 is 11.8 Å². The number of carbonyl (C=O) groups excluding carboxylic acids is 1. The zero-order valence-electron chi connectivity index (χ0n) is 16.9. The molecule has 3 heterocycles. The normalized spacial score (nSPS) is 11.3. The molecule has 2 aromatic carbocycles. The minimum absolute atomic E-state index is 0.123. The fourth-order valence-corrected chi connectivity index (χ4v) is 4.32. The lowest BCUT2D eigenvalue weighted by Gasteiger charge is -2.08. The molecule has 0 aliphatic rings. The molecule has 1 N–H and O–H groups in total. The summed E-state index contributed by atoms with van der Waals surface area (Å²) < 4.78 is 7.75. The molecule has 154 valence electrons. The predicted molar refractivity (Wildman–Crippen MR) is 121 cm³/mol. The molecule has 0 aliphatic heterocycles. The highest BCUT2D eigenvalue weighted by atomic mass is 32.2. The molecule has 0 atom stereocenters. The molecular formula is C24H20N4O2S. The van der Waals surface area contributed by atoms with E-state index in [4.69, 9.17) is 4.42 Å². The summed E-state index contributed by atoms with van der Waals surface area (Å²) in [4.78, 5) is 22.0. The second kappa shape index (κ2) is 8.28. The van der Waals surface area contributed by atoms with Crippen LogP contribution in [0.5, 0.6) is 0 Å². The van der Waals surface area contributed by atoms with E-state index in [9.17, 15) is 4.79 Å². The number of thioether (sulfide) groups is 1. The van der Waals surface area contributed by atoms with Crippen molar-refractivity contribution in [1.29, 1.82) is 0 Å². The number of hydrogen-bond donors (Lipinski definition) is 1. The lowest BCUT2D eigenvalue weighted by atomic mass is 10.1. The fraction of sp³-hybridized carbons (Fsp3) is 0.125. The first-order chi connectivity index (χ1) is 15.2. The average molecular weight is 429 g/mol. The third-order valence-electron chi connectivity index (χ3n) is 5.05. The molecule has 0 radical (unpaired) electrons. The number of nitrogens with one attached hydrogen (secondary N) is 1. The van der Waals surface area contributed by atoms with Gasteiger partial charge in [0, 0.05) is 23.7 Å². The molecule has 5 rings (SSSR count). The first kappa shape index (κ1) is 19.4. The number of fused-ring (bicyclic) bond motifs is 2. The number of rotatable bonds is 6. The molecule has 0 saturated heterocycles. The van der Waals surface area contributed by atoms with E-state index in [1.807, 2.05) is 84.4 Å². The molecule has 0 aliphatic carbocycles. The van der Waals surface area contributed by atoms with Crippen molar-refractivity contribution < 1.29 is 9.21 Å². The number of pyridine rings is 1. The first-order valence-electron chi connectivity index (χ1n) is 9.95. The number of nitrogens with zero attached hydrogens (tertiary/aromatic N) is 3. The number of hydrogen-bond acceptors (Lipinski definition) is 5. The lowest BCUT2D eigenvalue weighted by Crippen LogP contribution is -2.24. The molecule has 1 amide bonds. The Morgan fingerprint density at radius 1 is 1.06 bits per heavy atom. The van der Waals surface area contributed by atoms with Crippen molar-refractivity contribution in [3.8, 4) is 0 Å². The van der Waals surface area contributed by atoms with E-state index in [0.29, 0.717) is 23.1 Å². The highest BCUT2D eigenvalue weighted by molar-refractivity contribution is 7.98. The third kappa shape index (κ3) is 4.04. The van der Waals surface area contributed by atoms with Gasteiger partial charge in [0.2, 0.25) is 0 Å². The van der Waals surface area contributed by atoms with Crippen molar-refractivity contribution in [3.63, 3.8) is 0 Å². The standard InChI is InChI=1S/C24H20N4O2S/c1-16-7-6-12-28-14-18(26-22(16)28)13-25-23(29)19-9-3-2-8-17(19)15-31-24-27-20-10-4-5-11-21(20)30-24/h2-12,14H,13,15H2,1H3,(H,25,29). The number of benzene rings is 2. The smallest absolute Gasteiger partial charge is 0.257 e. The molecule has 0 saturated carbocycles. The molecule has 0 fully saturated rings.